The Morgan fingerprint density at radius 2 is 1.87 bits per heavy atom. The van der Waals surface area contributed by atoms with Crippen molar-refractivity contribution < 1.29 is 4.79 Å². The minimum atomic E-state index is 0.0424. The number of carbonyl (C=O) groups is 1. The van der Waals surface area contributed by atoms with Gasteiger partial charge < -0.3 is 15.5 Å². The molecule has 0 radical (unpaired) electrons. The van der Waals surface area contributed by atoms with Gasteiger partial charge >= 0.3 is 0 Å². The lowest BCUT2D eigenvalue weighted by molar-refractivity contribution is 0.0983. The first kappa shape index (κ1) is 15.6. The summed E-state index contributed by atoms with van der Waals surface area (Å²) in [5, 5.41) is 0. The van der Waals surface area contributed by atoms with Crippen LogP contribution >= 0.6 is 0 Å². The van der Waals surface area contributed by atoms with Crippen LogP contribution in [-0.4, -0.2) is 38.0 Å². The van der Waals surface area contributed by atoms with Crippen molar-refractivity contribution in [3.8, 4) is 0 Å². The van der Waals surface area contributed by atoms with Crippen molar-refractivity contribution in [1.29, 1.82) is 0 Å². The molecule has 1 aliphatic rings. The molecule has 0 aromatic heterocycles. The molecular weight excluding hydrogens is 286 g/mol. The first-order valence-corrected chi connectivity index (χ1v) is 7.97. The molecule has 23 heavy (non-hydrogen) atoms. The van der Waals surface area contributed by atoms with Crippen LogP contribution in [0.15, 0.2) is 48.5 Å². The Balaban J connectivity index is 1.92. The zero-order chi connectivity index (χ0) is 16.4. The fourth-order valence-corrected chi connectivity index (χ4v) is 3.26. The molecule has 4 heteroatoms. The van der Waals surface area contributed by atoms with Crippen molar-refractivity contribution in [2.45, 2.75) is 12.3 Å². The van der Waals surface area contributed by atoms with Gasteiger partial charge in [0.15, 0.2) is 0 Å². The van der Waals surface area contributed by atoms with E-state index in [1.807, 2.05) is 17.0 Å². The number of rotatable bonds is 3. The second-order valence-corrected chi connectivity index (χ2v) is 6.39. The highest BCUT2D eigenvalue weighted by Gasteiger charge is 2.29. The van der Waals surface area contributed by atoms with Gasteiger partial charge in [-0.05, 0) is 56.4 Å². The molecule has 3 rings (SSSR count). The van der Waals surface area contributed by atoms with Crippen molar-refractivity contribution in [3.63, 3.8) is 0 Å². The van der Waals surface area contributed by atoms with Crippen LogP contribution in [0.25, 0.3) is 0 Å². The first-order chi connectivity index (χ1) is 11.1. The van der Waals surface area contributed by atoms with Crippen molar-refractivity contribution >= 4 is 17.3 Å². The molecule has 120 valence electrons. The highest BCUT2D eigenvalue weighted by atomic mass is 16.2. The van der Waals surface area contributed by atoms with Gasteiger partial charge in [-0.25, -0.2) is 0 Å². The second kappa shape index (κ2) is 6.42. The normalized spacial score (nSPS) is 17.2. The number of nitrogen functional groups attached to an aromatic ring is 1. The van der Waals surface area contributed by atoms with E-state index in [1.54, 1.807) is 24.3 Å². The van der Waals surface area contributed by atoms with Gasteiger partial charge in [0.2, 0.25) is 0 Å². The molecule has 0 spiro atoms. The van der Waals surface area contributed by atoms with Crippen LogP contribution in [0.2, 0.25) is 0 Å². The van der Waals surface area contributed by atoms with Gasteiger partial charge in [-0.15, -0.1) is 0 Å². The lowest BCUT2D eigenvalue weighted by atomic mass is 9.89. The molecule has 0 saturated heterocycles. The fraction of sp³-hybridized carbons (Fsp3) is 0.316. The SMILES string of the molecule is CN(C)CC1CCN(C(=O)c2ccc(N)cc2)c2ccccc21. The van der Waals surface area contributed by atoms with Crippen LogP contribution in [0.5, 0.6) is 0 Å². The number of nitrogens with zero attached hydrogens (tertiary/aromatic N) is 2. The third kappa shape index (κ3) is 3.22. The van der Waals surface area contributed by atoms with Crippen LogP contribution in [0.3, 0.4) is 0 Å². The lowest BCUT2D eigenvalue weighted by Gasteiger charge is -2.35. The number of hydrogen-bond acceptors (Lipinski definition) is 3. The number of hydrogen-bond donors (Lipinski definition) is 1. The van der Waals surface area contributed by atoms with E-state index in [0.29, 0.717) is 17.2 Å². The van der Waals surface area contributed by atoms with E-state index < -0.39 is 0 Å². The summed E-state index contributed by atoms with van der Waals surface area (Å²) in [7, 11) is 4.18. The number of likely N-dealkylation sites (N-methyl/N-ethyl adjacent to an activating group) is 1. The van der Waals surface area contributed by atoms with Crippen molar-refractivity contribution in [2.24, 2.45) is 0 Å². The summed E-state index contributed by atoms with van der Waals surface area (Å²) in [5.74, 6) is 0.512. The quantitative estimate of drug-likeness (QED) is 0.887. The van der Waals surface area contributed by atoms with E-state index in [9.17, 15) is 4.79 Å². The predicted octanol–water partition coefficient (Wildman–Crippen LogP) is 2.96. The Labute approximate surface area is 137 Å². The third-order valence-corrected chi connectivity index (χ3v) is 4.36. The number of anilines is 2. The van der Waals surface area contributed by atoms with Gasteiger partial charge in [-0.3, -0.25) is 4.79 Å². The maximum absolute atomic E-state index is 12.9. The van der Waals surface area contributed by atoms with E-state index in [2.05, 4.69) is 31.1 Å². The van der Waals surface area contributed by atoms with E-state index in [0.717, 1.165) is 25.2 Å². The predicted molar refractivity (Wildman–Crippen MR) is 94.9 cm³/mol. The highest BCUT2D eigenvalue weighted by Crippen LogP contribution is 2.36. The third-order valence-electron chi connectivity index (χ3n) is 4.36. The Morgan fingerprint density at radius 1 is 1.17 bits per heavy atom. The average molecular weight is 309 g/mol. The molecule has 2 aromatic carbocycles. The molecule has 1 atom stereocenters. The van der Waals surface area contributed by atoms with Crippen LogP contribution in [0.1, 0.15) is 28.3 Å². The molecular formula is C19H23N3O. The Kier molecular flexibility index (Phi) is 4.35. The summed E-state index contributed by atoms with van der Waals surface area (Å²) in [5.41, 5.74) is 9.37. The molecule has 2 aromatic rings. The molecule has 0 bridgehead atoms. The molecule has 2 N–H and O–H groups in total. The first-order valence-electron chi connectivity index (χ1n) is 7.97. The number of fused-ring (bicyclic) bond motifs is 1. The number of nitrogens with two attached hydrogens (primary N) is 1. The molecule has 1 unspecified atom stereocenters. The maximum Gasteiger partial charge on any atom is 0.258 e. The standard InChI is InChI=1S/C19H23N3O/c1-21(2)13-15-11-12-22(18-6-4-3-5-17(15)18)19(23)14-7-9-16(20)10-8-14/h3-10,15H,11-13,20H2,1-2H3. The smallest absolute Gasteiger partial charge is 0.258 e. The molecule has 1 heterocycles. The van der Waals surface area contributed by atoms with E-state index in [1.165, 1.54) is 5.56 Å². The van der Waals surface area contributed by atoms with Crippen LogP contribution in [0.4, 0.5) is 11.4 Å². The van der Waals surface area contributed by atoms with E-state index >= 15 is 0 Å². The number of carbonyl (C=O) groups excluding carboxylic acids is 1. The zero-order valence-corrected chi connectivity index (χ0v) is 13.7. The molecule has 1 aliphatic heterocycles. The van der Waals surface area contributed by atoms with Gasteiger partial charge in [0, 0.05) is 35.9 Å². The van der Waals surface area contributed by atoms with Gasteiger partial charge in [0.05, 0.1) is 0 Å². The zero-order valence-electron chi connectivity index (χ0n) is 13.7. The van der Waals surface area contributed by atoms with Crippen molar-refractivity contribution in [3.05, 3.63) is 59.7 Å². The summed E-state index contributed by atoms with van der Waals surface area (Å²) in [4.78, 5) is 17.0. The van der Waals surface area contributed by atoms with Crippen LogP contribution < -0.4 is 10.6 Å². The Hall–Kier alpha value is -2.33. The van der Waals surface area contributed by atoms with Crippen molar-refractivity contribution in [1.82, 2.24) is 4.90 Å². The van der Waals surface area contributed by atoms with Crippen LogP contribution in [-0.2, 0) is 0 Å². The molecule has 0 aliphatic carbocycles. The number of para-hydroxylation sites is 1. The van der Waals surface area contributed by atoms with Crippen LogP contribution in [0, 0.1) is 0 Å². The maximum atomic E-state index is 12.9. The summed E-state index contributed by atoms with van der Waals surface area (Å²) in [6.45, 7) is 1.75. The topological polar surface area (TPSA) is 49.6 Å². The summed E-state index contributed by atoms with van der Waals surface area (Å²) >= 11 is 0. The molecule has 1 amide bonds. The fourth-order valence-electron chi connectivity index (χ4n) is 3.26. The lowest BCUT2D eigenvalue weighted by Crippen LogP contribution is -2.38. The van der Waals surface area contributed by atoms with E-state index in [4.69, 9.17) is 5.73 Å². The number of benzene rings is 2. The van der Waals surface area contributed by atoms with Gasteiger partial charge in [0.25, 0.3) is 5.91 Å². The van der Waals surface area contributed by atoms with Gasteiger partial charge in [-0.1, -0.05) is 18.2 Å². The number of amides is 1. The summed E-state index contributed by atoms with van der Waals surface area (Å²) < 4.78 is 0. The van der Waals surface area contributed by atoms with Gasteiger partial charge in [0.1, 0.15) is 0 Å². The van der Waals surface area contributed by atoms with E-state index in [-0.39, 0.29) is 5.91 Å². The Bertz CT molecular complexity index is 694. The molecule has 0 fully saturated rings. The molecule has 4 nitrogen and oxygen atoms in total. The Morgan fingerprint density at radius 3 is 2.57 bits per heavy atom. The molecule has 0 saturated carbocycles. The summed E-state index contributed by atoms with van der Waals surface area (Å²) in [6.07, 6.45) is 0.982. The minimum Gasteiger partial charge on any atom is -0.399 e. The monoisotopic (exact) mass is 309 g/mol. The van der Waals surface area contributed by atoms with Crippen molar-refractivity contribution in [2.75, 3.05) is 37.8 Å². The largest absolute Gasteiger partial charge is 0.399 e. The summed E-state index contributed by atoms with van der Waals surface area (Å²) in [6, 6.07) is 15.4. The highest BCUT2D eigenvalue weighted by molar-refractivity contribution is 6.07. The van der Waals surface area contributed by atoms with Gasteiger partial charge in [-0.2, -0.15) is 0 Å². The minimum absolute atomic E-state index is 0.0424. The second-order valence-electron chi connectivity index (χ2n) is 6.39. The average Bonchev–Trinajstić information content (AvgIpc) is 2.55.